The van der Waals surface area contributed by atoms with Crippen LogP contribution in [0.5, 0.6) is 0 Å². The lowest BCUT2D eigenvalue weighted by Gasteiger charge is -2.21. The fraction of sp³-hybridized carbons (Fsp3) is 0.600. The van der Waals surface area contributed by atoms with Gasteiger partial charge in [-0.3, -0.25) is 14.3 Å². The Kier molecular flexibility index (Phi) is 3.95. The zero-order valence-corrected chi connectivity index (χ0v) is 10.2. The van der Waals surface area contributed by atoms with Gasteiger partial charge in [-0.25, -0.2) is 4.79 Å². The number of nitrogen functional groups attached to an aromatic ring is 1. The topological polar surface area (TPSA) is 104 Å². The third kappa shape index (κ3) is 2.88. The van der Waals surface area contributed by atoms with Crippen molar-refractivity contribution in [1.82, 2.24) is 9.55 Å². The summed E-state index contributed by atoms with van der Waals surface area (Å²) >= 11 is 0. The number of nitrogens with zero attached hydrogens (tertiary/aromatic N) is 2. The smallest absolute Gasteiger partial charge is 0.329 e. The maximum absolute atomic E-state index is 11.6. The van der Waals surface area contributed by atoms with Crippen molar-refractivity contribution in [3.8, 4) is 0 Å². The van der Waals surface area contributed by atoms with Crippen LogP contribution in [0.4, 0.5) is 11.5 Å². The van der Waals surface area contributed by atoms with Crippen LogP contribution in [0.1, 0.15) is 13.3 Å². The van der Waals surface area contributed by atoms with E-state index in [9.17, 15) is 14.7 Å². The lowest BCUT2D eigenvalue weighted by atomic mass is 10.2. The molecule has 1 heterocycles. The molecule has 0 aromatic carbocycles. The summed E-state index contributed by atoms with van der Waals surface area (Å²) in [6, 6.07) is 0. The second kappa shape index (κ2) is 5.05. The molecule has 0 spiro atoms. The van der Waals surface area contributed by atoms with E-state index < -0.39 is 17.4 Å². The minimum atomic E-state index is -0.542. The van der Waals surface area contributed by atoms with Crippen molar-refractivity contribution in [2.24, 2.45) is 7.05 Å². The summed E-state index contributed by atoms with van der Waals surface area (Å²) in [4.78, 5) is 26.7. The van der Waals surface area contributed by atoms with Crippen molar-refractivity contribution in [2.45, 2.75) is 19.4 Å². The minimum absolute atomic E-state index is 0.117. The highest BCUT2D eigenvalue weighted by atomic mass is 16.3. The standard InChI is InChI=1S/C10H18N4O3/c1-6(15)4-5-13(2)7-8(11)14(3)10(17)12-9(7)16/h6,15H,4-5,11H2,1-3H3,(H,12,16,17). The molecule has 0 radical (unpaired) electrons. The SMILES string of the molecule is CC(O)CCN(C)c1c(N)n(C)c(=O)[nH]c1=O. The first-order valence-electron chi connectivity index (χ1n) is 5.32. The largest absolute Gasteiger partial charge is 0.393 e. The van der Waals surface area contributed by atoms with Crippen molar-refractivity contribution in [3.05, 3.63) is 20.8 Å². The van der Waals surface area contributed by atoms with Crippen LogP contribution in [0.3, 0.4) is 0 Å². The van der Waals surface area contributed by atoms with E-state index in [1.54, 1.807) is 18.9 Å². The molecule has 0 bridgehead atoms. The number of hydrogen-bond donors (Lipinski definition) is 3. The Labute approximate surface area is 98.5 Å². The van der Waals surface area contributed by atoms with Crippen molar-refractivity contribution in [2.75, 3.05) is 24.2 Å². The number of H-pyrrole nitrogens is 1. The van der Waals surface area contributed by atoms with Crippen molar-refractivity contribution >= 4 is 11.5 Å². The quantitative estimate of drug-likeness (QED) is 0.619. The summed E-state index contributed by atoms with van der Waals surface area (Å²) in [5, 5.41) is 9.19. The highest BCUT2D eigenvalue weighted by Crippen LogP contribution is 2.13. The molecule has 0 amide bonds. The van der Waals surface area contributed by atoms with Gasteiger partial charge in [0.25, 0.3) is 5.56 Å². The fourth-order valence-electron chi connectivity index (χ4n) is 1.49. The number of rotatable bonds is 4. The molecule has 0 saturated carbocycles. The average molecular weight is 242 g/mol. The Morgan fingerprint density at radius 3 is 2.65 bits per heavy atom. The molecular weight excluding hydrogens is 224 g/mol. The minimum Gasteiger partial charge on any atom is -0.393 e. The van der Waals surface area contributed by atoms with Gasteiger partial charge in [0.15, 0.2) is 0 Å². The first-order chi connectivity index (χ1) is 7.84. The van der Waals surface area contributed by atoms with Gasteiger partial charge in [-0.1, -0.05) is 0 Å². The van der Waals surface area contributed by atoms with Gasteiger partial charge in [-0.2, -0.15) is 0 Å². The van der Waals surface area contributed by atoms with Crippen LogP contribution in [0.25, 0.3) is 0 Å². The molecule has 7 heteroatoms. The van der Waals surface area contributed by atoms with Crippen LogP contribution in [0, 0.1) is 0 Å². The van der Waals surface area contributed by atoms with E-state index in [-0.39, 0.29) is 11.5 Å². The number of aliphatic hydroxyl groups is 1. The summed E-state index contributed by atoms with van der Waals surface area (Å²) in [6.07, 6.45) is 0.0587. The lowest BCUT2D eigenvalue weighted by molar-refractivity contribution is 0.187. The van der Waals surface area contributed by atoms with Crippen LogP contribution in [0.15, 0.2) is 9.59 Å². The summed E-state index contributed by atoms with van der Waals surface area (Å²) in [5.74, 6) is 0.117. The van der Waals surface area contributed by atoms with E-state index in [2.05, 4.69) is 4.98 Å². The van der Waals surface area contributed by atoms with Gasteiger partial charge in [0.1, 0.15) is 11.5 Å². The summed E-state index contributed by atoms with van der Waals surface area (Å²) < 4.78 is 1.18. The molecule has 1 aromatic heterocycles. The molecule has 0 saturated heterocycles. The Balaban J connectivity index is 3.10. The molecule has 0 aliphatic rings. The molecule has 1 atom stereocenters. The van der Waals surface area contributed by atoms with E-state index in [1.165, 1.54) is 11.6 Å². The number of anilines is 2. The third-order valence-corrected chi connectivity index (χ3v) is 2.61. The number of hydrogen-bond acceptors (Lipinski definition) is 5. The molecule has 0 fully saturated rings. The van der Waals surface area contributed by atoms with E-state index in [4.69, 9.17) is 5.73 Å². The van der Waals surface area contributed by atoms with Crippen LogP contribution in [-0.4, -0.2) is 34.4 Å². The molecule has 17 heavy (non-hydrogen) atoms. The normalized spacial score (nSPS) is 12.5. The number of nitrogens with two attached hydrogens (primary N) is 1. The molecule has 0 aliphatic carbocycles. The molecule has 4 N–H and O–H groups in total. The van der Waals surface area contributed by atoms with Crippen LogP contribution < -0.4 is 21.9 Å². The van der Waals surface area contributed by atoms with Gasteiger partial charge in [0, 0.05) is 20.6 Å². The van der Waals surface area contributed by atoms with E-state index in [0.29, 0.717) is 13.0 Å². The lowest BCUT2D eigenvalue weighted by Crippen LogP contribution is -2.36. The summed E-state index contributed by atoms with van der Waals surface area (Å²) in [7, 11) is 3.17. The molecule has 7 nitrogen and oxygen atoms in total. The van der Waals surface area contributed by atoms with Crippen LogP contribution in [0.2, 0.25) is 0 Å². The Bertz CT molecular complexity index is 503. The zero-order chi connectivity index (χ0) is 13.2. The third-order valence-electron chi connectivity index (χ3n) is 2.61. The number of nitrogens with one attached hydrogen (secondary N) is 1. The highest BCUT2D eigenvalue weighted by Gasteiger charge is 2.14. The predicted octanol–water partition coefficient (Wildman–Crippen LogP) is -1.14. The van der Waals surface area contributed by atoms with Crippen molar-refractivity contribution in [3.63, 3.8) is 0 Å². The van der Waals surface area contributed by atoms with Gasteiger partial charge >= 0.3 is 5.69 Å². The van der Waals surface area contributed by atoms with Gasteiger partial charge in [-0.15, -0.1) is 0 Å². The van der Waals surface area contributed by atoms with Crippen LogP contribution >= 0.6 is 0 Å². The van der Waals surface area contributed by atoms with E-state index in [0.717, 1.165) is 0 Å². The van der Waals surface area contributed by atoms with Gasteiger partial charge in [-0.05, 0) is 13.3 Å². The second-order valence-corrected chi connectivity index (χ2v) is 4.11. The zero-order valence-electron chi connectivity index (χ0n) is 10.2. The molecular formula is C10H18N4O3. The first-order valence-corrected chi connectivity index (χ1v) is 5.32. The maximum Gasteiger partial charge on any atom is 0.329 e. The highest BCUT2D eigenvalue weighted by molar-refractivity contribution is 5.61. The Hall–Kier alpha value is -1.76. The molecule has 0 aliphatic heterocycles. The molecule has 1 unspecified atom stereocenters. The monoisotopic (exact) mass is 242 g/mol. The number of aromatic nitrogens is 2. The van der Waals surface area contributed by atoms with Crippen LogP contribution in [-0.2, 0) is 7.05 Å². The summed E-state index contributed by atoms with van der Waals surface area (Å²) in [5.41, 5.74) is 4.92. The van der Waals surface area contributed by atoms with Crippen molar-refractivity contribution < 1.29 is 5.11 Å². The Morgan fingerprint density at radius 2 is 2.12 bits per heavy atom. The number of aromatic amines is 1. The van der Waals surface area contributed by atoms with E-state index >= 15 is 0 Å². The van der Waals surface area contributed by atoms with Gasteiger partial charge in [0.05, 0.1) is 6.10 Å². The Morgan fingerprint density at radius 1 is 1.53 bits per heavy atom. The summed E-state index contributed by atoms with van der Waals surface area (Å²) in [6.45, 7) is 2.14. The molecule has 96 valence electrons. The van der Waals surface area contributed by atoms with Gasteiger partial charge < -0.3 is 15.7 Å². The molecule has 1 rings (SSSR count). The second-order valence-electron chi connectivity index (χ2n) is 4.11. The van der Waals surface area contributed by atoms with Gasteiger partial charge in [0.2, 0.25) is 0 Å². The first kappa shape index (κ1) is 13.3. The van der Waals surface area contributed by atoms with Crippen molar-refractivity contribution in [1.29, 1.82) is 0 Å². The fourth-order valence-corrected chi connectivity index (χ4v) is 1.49. The average Bonchev–Trinajstić information content (AvgIpc) is 2.23. The van der Waals surface area contributed by atoms with E-state index in [1.807, 2.05) is 0 Å². The number of aliphatic hydroxyl groups excluding tert-OH is 1. The maximum atomic E-state index is 11.6. The predicted molar refractivity (Wildman–Crippen MR) is 66.3 cm³/mol. The molecule has 1 aromatic rings.